The quantitative estimate of drug-likeness (QED) is 0.696. The van der Waals surface area contributed by atoms with Crippen molar-refractivity contribution in [1.29, 1.82) is 0 Å². The Morgan fingerprint density at radius 1 is 1.26 bits per heavy atom. The number of carboxylic acids is 1. The minimum atomic E-state index is -1.07. The van der Waals surface area contributed by atoms with E-state index in [1.807, 2.05) is 30.3 Å². The average molecular weight is 283 g/mol. The number of carbonyl (C=O) groups excluding carboxylic acids is 1. The second-order valence-electron chi connectivity index (χ2n) is 4.06. The Hall–Kier alpha value is -1.53. The van der Waals surface area contributed by atoms with E-state index < -0.39 is 18.1 Å². The van der Waals surface area contributed by atoms with Crippen molar-refractivity contribution >= 4 is 23.6 Å². The summed E-state index contributed by atoms with van der Waals surface area (Å²) >= 11 is 1.29. The fraction of sp³-hybridized carbons (Fsp3) is 0.385. The molecule has 1 aromatic carbocycles. The Kier molecular flexibility index (Phi) is 6.38. The molecule has 0 saturated carbocycles. The summed E-state index contributed by atoms with van der Waals surface area (Å²) in [6.45, 7) is 1.28. The molecule has 0 radical (unpaired) electrons. The maximum atomic E-state index is 10.9. The van der Waals surface area contributed by atoms with Gasteiger partial charge in [0.05, 0.1) is 6.10 Å². The summed E-state index contributed by atoms with van der Waals surface area (Å²) in [5.41, 5.74) is 0.793. The molecule has 19 heavy (non-hydrogen) atoms. The summed E-state index contributed by atoms with van der Waals surface area (Å²) in [6.07, 6.45) is -0.641. The van der Waals surface area contributed by atoms with Crippen molar-refractivity contribution in [1.82, 2.24) is 5.32 Å². The van der Waals surface area contributed by atoms with Gasteiger partial charge in [-0.2, -0.15) is 11.8 Å². The van der Waals surface area contributed by atoms with Crippen molar-refractivity contribution in [3.05, 3.63) is 35.9 Å². The van der Waals surface area contributed by atoms with Crippen molar-refractivity contribution in [2.45, 2.75) is 19.1 Å². The van der Waals surface area contributed by atoms with Gasteiger partial charge in [-0.25, -0.2) is 4.79 Å². The van der Waals surface area contributed by atoms with Gasteiger partial charge in [0.1, 0.15) is 6.04 Å². The van der Waals surface area contributed by atoms with Gasteiger partial charge in [-0.05, 0) is 5.56 Å². The molecule has 0 fully saturated rings. The van der Waals surface area contributed by atoms with Crippen LogP contribution in [0.5, 0.6) is 0 Å². The molecule has 2 atom stereocenters. The number of aliphatic hydroxyl groups is 1. The van der Waals surface area contributed by atoms with E-state index in [-0.39, 0.29) is 11.7 Å². The fourth-order valence-electron chi connectivity index (χ4n) is 1.49. The number of carboxylic acid groups (broad SMARTS) is 1. The molecule has 104 valence electrons. The first-order valence-electron chi connectivity index (χ1n) is 5.81. The minimum Gasteiger partial charge on any atom is -0.480 e. The first kappa shape index (κ1) is 15.5. The van der Waals surface area contributed by atoms with E-state index in [9.17, 15) is 14.7 Å². The van der Waals surface area contributed by atoms with Gasteiger partial charge in [0.15, 0.2) is 0 Å². The average Bonchev–Trinajstić information content (AvgIpc) is 2.37. The topological polar surface area (TPSA) is 86.6 Å². The molecule has 0 aliphatic heterocycles. The Labute approximate surface area is 116 Å². The van der Waals surface area contributed by atoms with Crippen LogP contribution in [0.15, 0.2) is 30.3 Å². The Morgan fingerprint density at radius 3 is 2.42 bits per heavy atom. The maximum Gasteiger partial charge on any atom is 0.327 e. The zero-order valence-electron chi connectivity index (χ0n) is 10.6. The lowest BCUT2D eigenvalue weighted by Gasteiger charge is -2.15. The largest absolute Gasteiger partial charge is 0.480 e. The normalized spacial score (nSPS) is 13.6. The molecule has 0 aliphatic rings. The molecule has 5 nitrogen and oxygen atoms in total. The van der Waals surface area contributed by atoms with Gasteiger partial charge in [-0.1, -0.05) is 30.3 Å². The second kappa shape index (κ2) is 7.81. The number of hydrogen-bond donors (Lipinski definition) is 3. The molecule has 0 spiro atoms. The molecule has 1 aromatic rings. The Morgan fingerprint density at radius 2 is 1.89 bits per heavy atom. The number of aliphatic hydroxyl groups excluding tert-OH is 1. The van der Waals surface area contributed by atoms with Gasteiger partial charge in [-0.15, -0.1) is 0 Å². The number of carbonyl (C=O) groups is 2. The number of aliphatic carboxylic acids is 1. The molecule has 0 bridgehead atoms. The SMILES string of the molecule is CC(=O)N[C@@H](CSC[C@@H](O)c1ccccc1)C(=O)O. The first-order valence-corrected chi connectivity index (χ1v) is 6.97. The van der Waals surface area contributed by atoms with Gasteiger partial charge in [0, 0.05) is 18.4 Å². The molecular weight excluding hydrogens is 266 g/mol. The lowest BCUT2D eigenvalue weighted by atomic mass is 10.1. The third-order valence-corrected chi connectivity index (χ3v) is 3.54. The van der Waals surface area contributed by atoms with Crippen LogP contribution in [0.25, 0.3) is 0 Å². The third-order valence-electron chi connectivity index (χ3n) is 2.42. The highest BCUT2D eigenvalue weighted by Crippen LogP contribution is 2.18. The number of benzene rings is 1. The second-order valence-corrected chi connectivity index (χ2v) is 5.13. The standard InChI is InChI=1S/C13H17NO4S/c1-9(15)14-11(13(17)18)7-19-8-12(16)10-5-3-2-4-6-10/h2-6,11-12,16H,7-8H2,1H3,(H,14,15)(H,17,18)/t11-,12+/m0/s1. The summed E-state index contributed by atoms with van der Waals surface area (Å²) < 4.78 is 0. The number of rotatable bonds is 7. The zero-order chi connectivity index (χ0) is 14.3. The molecule has 1 rings (SSSR count). The summed E-state index contributed by atoms with van der Waals surface area (Å²) in [5, 5.41) is 21.2. The minimum absolute atomic E-state index is 0.221. The van der Waals surface area contributed by atoms with Crippen molar-refractivity contribution in [3.63, 3.8) is 0 Å². The van der Waals surface area contributed by atoms with Gasteiger partial charge in [0.25, 0.3) is 0 Å². The summed E-state index contributed by atoms with van der Waals surface area (Å²) in [5.74, 6) is -0.847. The Balaban J connectivity index is 2.40. The maximum absolute atomic E-state index is 10.9. The van der Waals surface area contributed by atoms with Gasteiger partial charge >= 0.3 is 5.97 Å². The van der Waals surface area contributed by atoms with Gasteiger partial charge in [-0.3, -0.25) is 4.79 Å². The highest BCUT2D eigenvalue weighted by molar-refractivity contribution is 7.99. The van der Waals surface area contributed by atoms with Gasteiger partial charge in [0.2, 0.25) is 5.91 Å². The molecule has 0 aromatic heterocycles. The summed E-state index contributed by atoms with van der Waals surface area (Å²) in [6, 6.07) is 8.23. The van der Waals surface area contributed by atoms with Crippen LogP contribution in [0.1, 0.15) is 18.6 Å². The van der Waals surface area contributed by atoms with E-state index in [4.69, 9.17) is 5.11 Å². The van der Waals surface area contributed by atoms with Crippen LogP contribution in [-0.4, -0.2) is 39.6 Å². The molecule has 0 unspecified atom stereocenters. The van der Waals surface area contributed by atoms with Crippen molar-refractivity contribution in [2.75, 3.05) is 11.5 Å². The van der Waals surface area contributed by atoms with Crippen LogP contribution >= 0.6 is 11.8 Å². The van der Waals surface area contributed by atoms with E-state index in [1.54, 1.807) is 0 Å². The molecule has 1 amide bonds. The highest BCUT2D eigenvalue weighted by atomic mass is 32.2. The summed E-state index contributed by atoms with van der Waals surface area (Å²) in [7, 11) is 0. The fourth-order valence-corrected chi connectivity index (χ4v) is 2.50. The lowest BCUT2D eigenvalue weighted by molar-refractivity contribution is -0.140. The summed E-state index contributed by atoms with van der Waals surface area (Å²) in [4.78, 5) is 21.7. The first-order chi connectivity index (χ1) is 9.00. The number of amides is 1. The van der Waals surface area contributed by atoms with E-state index in [2.05, 4.69) is 5.32 Å². The van der Waals surface area contributed by atoms with E-state index in [1.165, 1.54) is 18.7 Å². The van der Waals surface area contributed by atoms with Crippen LogP contribution in [0, 0.1) is 0 Å². The van der Waals surface area contributed by atoms with Crippen LogP contribution in [0.3, 0.4) is 0 Å². The van der Waals surface area contributed by atoms with E-state index in [0.717, 1.165) is 5.56 Å². The molecular formula is C13H17NO4S. The molecule has 0 aliphatic carbocycles. The third kappa shape index (κ3) is 5.76. The van der Waals surface area contributed by atoms with Crippen LogP contribution in [0.2, 0.25) is 0 Å². The van der Waals surface area contributed by atoms with Crippen LogP contribution in [-0.2, 0) is 9.59 Å². The van der Waals surface area contributed by atoms with Crippen LogP contribution in [0.4, 0.5) is 0 Å². The Bertz CT molecular complexity index is 424. The molecule has 6 heteroatoms. The lowest BCUT2D eigenvalue weighted by Crippen LogP contribution is -2.41. The highest BCUT2D eigenvalue weighted by Gasteiger charge is 2.19. The van der Waals surface area contributed by atoms with Crippen LogP contribution < -0.4 is 5.32 Å². The number of hydrogen-bond acceptors (Lipinski definition) is 4. The number of nitrogens with one attached hydrogen (secondary N) is 1. The predicted molar refractivity (Wildman–Crippen MR) is 74.0 cm³/mol. The monoisotopic (exact) mass is 283 g/mol. The number of thioether (sulfide) groups is 1. The van der Waals surface area contributed by atoms with Crippen molar-refractivity contribution < 1.29 is 19.8 Å². The molecule has 0 saturated heterocycles. The van der Waals surface area contributed by atoms with Crippen molar-refractivity contribution in [3.8, 4) is 0 Å². The smallest absolute Gasteiger partial charge is 0.327 e. The molecule has 0 heterocycles. The van der Waals surface area contributed by atoms with Crippen molar-refractivity contribution in [2.24, 2.45) is 0 Å². The predicted octanol–water partition coefficient (Wildman–Crippen LogP) is 1.04. The zero-order valence-corrected chi connectivity index (χ0v) is 11.4. The van der Waals surface area contributed by atoms with E-state index >= 15 is 0 Å². The van der Waals surface area contributed by atoms with Gasteiger partial charge < -0.3 is 15.5 Å². The van der Waals surface area contributed by atoms with E-state index in [0.29, 0.717) is 5.75 Å². The molecule has 3 N–H and O–H groups in total.